The second kappa shape index (κ2) is 9.39. The van der Waals surface area contributed by atoms with Crippen LogP contribution in [0.5, 0.6) is 5.75 Å². The van der Waals surface area contributed by atoms with Gasteiger partial charge in [-0.25, -0.2) is 0 Å². The lowest BCUT2D eigenvalue weighted by molar-refractivity contribution is -0.274. The molecule has 13 heteroatoms. The minimum Gasteiger partial charge on any atom is -0.405 e. The Morgan fingerprint density at radius 1 is 1.13 bits per heavy atom. The van der Waals surface area contributed by atoms with Crippen LogP contribution in [-0.2, 0) is 16.8 Å². The van der Waals surface area contributed by atoms with Crippen LogP contribution in [0.1, 0.15) is 25.3 Å². The number of ether oxygens (including phenoxy) is 1. The lowest BCUT2D eigenvalue weighted by Crippen LogP contribution is -2.18. The van der Waals surface area contributed by atoms with Crippen molar-refractivity contribution in [3.63, 3.8) is 0 Å². The largest absolute Gasteiger partial charge is 0.573 e. The molecule has 3 aromatic heterocycles. The van der Waals surface area contributed by atoms with Gasteiger partial charge in [-0.05, 0) is 36.8 Å². The van der Waals surface area contributed by atoms with Gasteiger partial charge in [-0.1, -0.05) is 19.4 Å². The number of halogens is 4. The van der Waals surface area contributed by atoms with Crippen molar-refractivity contribution in [3.8, 4) is 22.9 Å². The Kier molecular flexibility index (Phi) is 6.30. The topological polar surface area (TPSA) is 118 Å². The van der Waals surface area contributed by atoms with Crippen LogP contribution >= 0.6 is 0 Å². The number of nitrogens with zero attached hydrogens (tertiary/aromatic N) is 3. The molecule has 0 bridgehead atoms. The van der Waals surface area contributed by atoms with Crippen LogP contribution in [-0.4, -0.2) is 29.3 Å². The summed E-state index contributed by atoms with van der Waals surface area (Å²) in [5.74, 6) is -0.782. The van der Waals surface area contributed by atoms with Gasteiger partial charge in [0, 0.05) is 41.0 Å². The molecule has 2 aromatic carbocycles. The molecule has 5 rings (SSSR count). The first kappa shape index (κ1) is 26.2. The van der Waals surface area contributed by atoms with Crippen molar-refractivity contribution in [1.82, 2.24) is 14.5 Å². The van der Waals surface area contributed by atoms with Gasteiger partial charge in [0.2, 0.25) is 0 Å². The van der Waals surface area contributed by atoms with Crippen LogP contribution in [0.25, 0.3) is 44.0 Å². The number of nitrogens with one attached hydrogen (secondary N) is 1. The summed E-state index contributed by atoms with van der Waals surface area (Å²) in [6, 6.07) is 9.79. The highest BCUT2D eigenvalue weighted by atomic mass is 32.3. The van der Waals surface area contributed by atoms with Crippen molar-refractivity contribution < 1.29 is 30.2 Å². The first-order valence-electron chi connectivity index (χ1n) is 11.6. The zero-order valence-corrected chi connectivity index (χ0v) is 21.0. The maximum atomic E-state index is 13.7. The zero-order chi connectivity index (χ0) is 28.1. The van der Waals surface area contributed by atoms with Crippen LogP contribution in [0.4, 0.5) is 17.1 Å². The highest BCUT2D eigenvalue weighted by Crippen LogP contribution is 2.38. The van der Waals surface area contributed by atoms with E-state index in [1.807, 2.05) is 13.0 Å². The summed E-state index contributed by atoms with van der Waals surface area (Å²) in [6.07, 6.45) is -1.95. The van der Waals surface area contributed by atoms with Crippen molar-refractivity contribution in [2.24, 2.45) is 0 Å². The fourth-order valence-corrected chi connectivity index (χ4v) is 5.05. The molecule has 200 valence electrons. The van der Waals surface area contributed by atoms with Gasteiger partial charge in [-0.15, -0.1) is 17.1 Å². The molecule has 0 amide bonds. The molecule has 5 aromatic rings. The minimum absolute atomic E-state index is 0.0749. The number of unbranched alkanes of at least 4 members (excludes halogenated alkanes) is 1. The number of benzene rings is 2. The van der Waals surface area contributed by atoms with E-state index in [-0.39, 0.29) is 27.4 Å². The van der Waals surface area contributed by atoms with Gasteiger partial charge in [-0.3, -0.25) is 9.78 Å². The van der Waals surface area contributed by atoms with Crippen LogP contribution in [0, 0.1) is 11.3 Å². The molecule has 0 aliphatic rings. The molecular formula is C26H18F4N4O4S. The average molecular weight is 559 g/mol. The number of hydrogen-bond acceptors (Lipinski definition) is 6. The number of H-pyrrole nitrogens is 1. The zero-order valence-electron chi connectivity index (χ0n) is 20.1. The third-order valence-corrected chi connectivity index (χ3v) is 7.09. The Hall–Kier alpha value is -4.44. The summed E-state index contributed by atoms with van der Waals surface area (Å²) in [5.41, 5.74) is 0.513. The number of rotatable bonds is 6. The Morgan fingerprint density at radius 3 is 2.56 bits per heavy atom. The van der Waals surface area contributed by atoms with Gasteiger partial charge in [0.1, 0.15) is 16.3 Å². The molecule has 0 aliphatic carbocycles. The average Bonchev–Trinajstić information content (AvgIpc) is 3.26. The normalized spacial score (nSPS) is 12.3. The lowest BCUT2D eigenvalue weighted by atomic mass is 10.0. The van der Waals surface area contributed by atoms with E-state index < -0.39 is 32.7 Å². The van der Waals surface area contributed by atoms with E-state index in [2.05, 4.69) is 14.7 Å². The van der Waals surface area contributed by atoms with E-state index in [9.17, 15) is 35.5 Å². The summed E-state index contributed by atoms with van der Waals surface area (Å²) in [7, 11) is -5.21. The summed E-state index contributed by atoms with van der Waals surface area (Å²) in [4.78, 5) is 19.7. The number of nitriles is 1. The molecule has 0 saturated heterocycles. The van der Waals surface area contributed by atoms with Crippen molar-refractivity contribution in [3.05, 3.63) is 64.6 Å². The van der Waals surface area contributed by atoms with Crippen molar-refractivity contribution >= 4 is 43.1 Å². The standard InChI is InChI=1S/C26H18F4N4O4S/c1-2-3-6-34-21-9-18(15-8-16(13-32-12-15)39(30,36)37)22(38-26(27,28)29)10-19(21)24(35)23-17-5-4-14(11-31)7-20(17)33-25(23)34/h4-5,7-10,12-13,33H,2-3,6H2,1H3. The fourth-order valence-electron chi connectivity index (χ4n) is 4.60. The Bertz CT molecular complexity index is 1990. The van der Waals surface area contributed by atoms with Crippen molar-refractivity contribution in [2.45, 2.75) is 37.6 Å². The third kappa shape index (κ3) is 4.79. The molecule has 1 N–H and O–H groups in total. The number of aryl methyl sites for hydroxylation is 1. The Balaban J connectivity index is 1.92. The Labute approximate surface area is 218 Å². The maximum Gasteiger partial charge on any atom is 0.573 e. The molecule has 0 radical (unpaired) electrons. The number of aromatic nitrogens is 3. The van der Waals surface area contributed by atoms with E-state index in [1.165, 1.54) is 12.1 Å². The second-order valence-corrected chi connectivity index (χ2v) is 10.2. The molecule has 0 spiro atoms. The maximum absolute atomic E-state index is 13.7. The molecule has 3 heterocycles. The fraction of sp³-hybridized carbons (Fsp3) is 0.192. The van der Waals surface area contributed by atoms with Crippen LogP contribution in [0.15, 0.2) is 58.5 Å². The highest BCUT2D eigenvalue weighted by molar-refractivity contribution is 7.86. The predicted molar refractivity (Wildman–Crippen MR) is 135 cm³/mol. The highest BCUT2D eigenvalue weighted by Gasteiger charge is 2.33. The second-order valence-electron chi connectivity index (χ2n) is 8.82. The first-order chi connectivity index (χ1) is 18.4. The Morgan fingerprint density at radius 2 is 1.90 bits per heavy atom. The third-order valence-electron chi connectivity index (χ3n) is 6.30. The number of fused-ring (bicyclic) bond motifs is 4. The van der Waals surface area contributed by atoms with Crippen molar-refractivity contribution in [2.75, 3.05) is 0 Å². The lowest BCUT2D eigenvalue weighted by Gasteiger charge is -2.18. The SMILES string of the molecule is CCCCn1c2cc(-c3cncc(S(=O)(=O)F)c3)c(OC(F)(F)F)cc2c(=O)c2c3ccc(C#N)cc3[nH]c21. The van der Waals surface area contributed by atoms with Crippen LogP contribution in [0.2, 0.25) is 0 Å². The van der Waals surface area contributed by atoms with Crippen LogP contribution < -0.4 is 10.2 Å². The minimum atomic E-state index is -5.21. The molecule has 0 fully saturated rings. The van der Waals surface area contributed by atoms with Gasteiger partial charge >= 0.3 is 16.6 Å². The predicted octanol–water partition coefficient (Wildman–Crippen LogP) is 5.93. The molecule has 0 saturated carbocycles. The molecule has 39 heavy (non-hydrogen) atoms. The van der Waals surface area contributed by atoms with Crippen LogP contribution in [0.3, 0.4) is 0 Å². The molecule has 0 atom stereocenters. The quantitative estimate of drug-likeness (QED) is 0.204. The number of hydrogen-bond donors (Lipinski definition) is 1. The van der Waals surface area contributed by atoms with E-state index in [0.29, 0.717) is 35.1 Å². The van der Waals surface area contributed by atoms with E-state index in [1.54, 1.807) is 16.7 Å². The summed E-state index contributed by atoms with van der Waals surface area (Å²) in [5, 5.41) is 9.93. The number of aromatic amines is 1. The van der Waals surface area contributed by atoms with Gasteiger partial charge in [0.25, 0.3) is 0 Å². The first-order valence-corrected chi connectivity index (χ1v) is 13.0. The van der Waals surface area contributed by atoms with Gasteiger partial charge in [0.15, 0.2) is 5.43 Å². The van der Waals surface area contributed by atoms with Crippen molar-refractivity contribution in [1.29, 1.82) is 5.26 Å². The van der Waals surface area contributed by atoms with Gasteiger partial charge < -0.3 is 14.3 Å². The smallest absolute Gasteiger partial charge is 0.405 e. The van der Waals surface area contributed by atoms with E-state index in [0.717, 1.165) is 30.9 Å². The number of pyridine rings is 2. The number of alkyl halides is 3. The summed E-state index contributed by atoms with van der Waals surface area (Å²) < 4.78 is 82.8. The molecule has 8 nitrogen and oxygen atoms in total. The van der Waals surface area contributed by atoms with Gasteiger partial charge in [-0.2, -0.15) is 13.7 Å². The monoisotopic (exact) mass is 558 g/mol. The summed E-state index contributed by atoms with van der Waals surface area (Å²) >= 11 is 0. The van der Waals surface area contributed by atoms with E-state index >= 15 is 0 Å². The molecule has 0 aliphatic heterocycles. The van der Waals surface area contributed by atoms with Gasteiger partial charge in [0.05, 0.1) is 27.9 Å². The molecule has 0 unspecified atom stereocenters. The molecular weight excluding hydrogens is 540 g/mol. The summed E-state index contributed by atoms with van der Waals surface area (Å²) in [6.45, 7) is 2.32. The van der Waals surface area contributed by atoms with E-state index in [4.69, 9.17) is 0 Å².